The first kappa shape index (κ1) is 26.0. The number of hydrogen-bond donors (Lipinski definition) is 1. The summed E-state index contributed by atoms with van der Waals surface area (Å²) in [5.41, 5.74) is 3.11. The Morgan fingerprint density at radius 1 is 0.972 bits per heavy atom. The molecule has 1 fully saturated rings. The van der Waals surface area contributed by atoms with Crippen molar-refractivity contribution in [2.24, 2.45) is 0 Å². The van der Waals surface area contributed by atoms with Gasteiger partial charge in [0.2, 0.25) is 5.91 Å². The molecule has 2 amide bonds. The molecule has 1 aliphatic carbocycles. The molecule has 1 aliphatic rings. The summed E-state index contributed by atoms with van der Waals surface area (Å²) in [5, 5.41) is 3.24. The van der Waals surface area contributed by atoms with E-state index < -0.39 is 6.04 Å². The number of aryl methyl sites for hydroxylation is 1. The molecule has 1 saturated carbocycles. The van der Waals surface area contributed by atoms with Crippen molar-refractivity contribution in [3.05, 3.63) is 100 Å². The zero-order valence-corrected chi connectivity index (χ0v) is 22.2. The van der Waals surface area contributed by atoms with E-state index in [0.29, 0.717) is 18.7 Å². The van der Waals surface area contributed by atoms with E-state index in [1.54, 1.807) is 4.90 Å². The predicted octanol–water partition coefficient (Wildman–Crippen LogP) is 5.84. The predicted molar refractivity (Wildman–Crippen MR) is 146 cm³/mol. The van der Waals surface area contributed by atoms with Crippen molar-refractivity contribution in [1.82, 2.24) is 10.2 Å². The van der Waals surface area contributed by atoms with E-state index in [4.69, 9.17) is 4.74 Å². The van der Waals surface area contributed by atoms with Crippen LogP contribution in [0.5, 0.6) is 5.75 Å². The summed E-state index contributed by atoms with van der Waals surface area (Å²) in [6.45, 7) is 2.22. The third-order valence-corrected chi connectivity index (χ3v) is 7.28. The van der Waals surface area contributed by atoms with Crippen LogP contribution in [0.1, 0.15) is 42.4 Å². The summed E-state index contributed by atoms with van der Waals surface area (Å²) in [7, 11) is 0. The summed E-state index contributed by atoms with van der Waals surface area (Å²) in [6.07, 6.45) is 4.67. The third kappa shape index (κ3) is 7.20. The van der Waals surface area contributed by atoms with Gasteiger partial charge in [0.1, 0.15) is 11.8 Å². The Balaban J connectivity index is 1.61. The first-order chi connectivity index (χ1) is 17.5. The van der Waals surface area contributed by atoms with E-state index in [0.717, 1.165) is 46.8 Å². The highest BCUT2D eigenvalue weighted by Gasteiger charge is 2.32. The number of halogens is 1. The molecule has 0 aromatic heterocycles. The van der Waals surface area contributed by atoms with Gasteiger partial charge in [0, 0.05) is 23.5 Å². The van der Waals surface area contributed by atoms with Crippen molar-refractivity contribution in [2.45, 2.75) is 57.7 Å². The Morgan fingerprint density at radius 2 is 1.64 bits per heavy atom. The van der Waals surface area contributed by atoms with Gasteiger partial charge in [-0.15, -0.1) is 0 Å². The van der Waals surface area contributed by atoms with Gasteiger partial charge in [0.15, 0.2) is 6.61 Å². The zero-order valence-electron chi connectivity index (χ0n) is 20.7. The number of hydrogen-bond acceptors (Lipinski definition) is 3. The van der Waals surface area contributed by atoms with Crippen LogP contribution in [-0.2, 0) is 22.6 Å². The highest BCUT2D eigenvalue weighted by atomic mass is 79.9. The average Bonchev–Trinajstić information content (AvgIpc) is 3.40. The molecule has 0 bridgehead atoms. The van der Waals surface area contributed by atoms with Crippen LogP contribution in [-0.4, -0.2) is 35.4 Å². The van der Waals surface area contributed by atoms with Gasteiger partial charge in [0.05, 0.1) is 0 Å². The van der Waals surface area contributed by atoms with Crippen molar-refractivity contribution in [2.75, 3.05) is 6.61 Å². The van der Waals surface area contributed by atoms with Crippen molar-refractivity contribution >= 4 is 27.7 Å². The van der Waals surface area contributed by atoms with E-state index in [2.05, 4.69) is 21.2 Å². The number of benzene rings is 3. The number of ether oxygens (including phenoxy) is 1. The van der Waals surface area contributed by atoms with Gasteiger partial charge in [-0.2, -0.15) is 0 Å². The number of nitrogens with zero attached hydrogens (tertiary/aromatic N) is 1. The second-order valence-electron chi connectivity index (χ2n) is 9.39. The molecule has 0 radical (unpaired) electrons. The quantitative estimate of drug-likeness (QED) is 0.346. The maximum Gasteiger partial charge on any atom is 0.261 e. The van der Waals surface area contributed by atoms with Crippen LogP contribution in [0.4, 0.5) is 0 Å². The normalized spacial score (nSPS) is 14.3. The zero-order chi connectivity index (χ0) is 25.3. The Kier molecular flexibility index (Phi) is 9.17. The second-order valence-corrected chi connectivity index (χ2v) is 10.3. The number of nitrogens with one attached hydrogen (secondary N) is 1. The molecular weight excluding hydrogens is 516 g/mol. The van der Waals surface area contributed by atoms with Gasteiger partial charge >= 0.3 is 0 Å². The Hall–Kier alpha value is -3.12. The molecule has 1 N–H and O–H groups in total. The van der Waals surface area contributed by atoms with Crippen molar-refractivity contribution in [3.8, 4) is 5.75 Å². The first-order valence-corrected chi connectivity index (χ1v) is 13.4. The molecule has 3 aromatic rings. The maximum absolute atomic E-state index is 13.7. The van der Waals surface area contributed by atoms with Crippen LogP contribution in [0, 0.1) is 6.92 Å². The van der Waals surface area contributed by atoms with Crippen molar-refractivity contribution in [3.63, 3.8) is 0 Å². The van der Waals surface area contributed by atoms with Gasteiger partial charge in [-0.05, 0) is 60.7 Å². The first-order valence-electron chi connectivity index (χ1n) is 12.6. The molecule has 5 nitrogen and oxygen atoms in total. The molecular formula is C30H33BrN2O3. The summed E-state index contributed by atoms with van der Waals surface area (Å²) in [6, 6.07) is 24.8. The van der Waals surface area contributed by atoms with Crippen molar-refractivity contribution in [1.29, 1.82) is 0 Å². The Morgan fingerprint density at radius 3 is 2.33 bits per heavy atom. The fourth-order valence-corrected chi connectivity index (χ4v) is 4.92. The summed E-state index contributed by atoms with van der Waals surface area (Å²) >= 11 is 3.42. The molecule has 0 unspecified atom stereocenters. The molecule has 3 aromatic carbocycles. The summed E-state index contributed by atoms with van der Waals surface area (Å²) < 4.78 is 6.78. The molecule has 0 heterocycles. The highest BCUT2D eigenvalue weighted by molar-refractivity contribution is 9.10. The molecule has 36 heavy (non-hydrogen) atoms. The number of rotatable bonds is 10. The van der Waals surface area contributed by atoms with Gasteiger partial charge in [-0.1, -0.05) is 83.4 Å². The van der Waals surface area contributed by atoms with Crippen LogP contribution >= 0.6 is 15.9 Å². The SMILES string of the molecule is Cc1ccccc1CN(C(=O)COc1ccc(Br)cc1)[C@@H](Cc1ccccc1)C(=O)NC1CCCC1. The third-order valence-electron chi connectivity index (χ3n) is 6.75. The molecule has 6 heteroatoms. The minimum absolute atomic E-state index is 0.101. The minimum atomic E-state index is -0.645. The van der Waals surface area contributed by atoms with Crippen LogP contribution in [0.25, 0.3) is 0 Å². The van der Waals surface area contributed by atoms with E-state index in [-0.39, 0.29) is 24.5 Å². The topological polar surface area (TPSA) is 58.6 Å². The molecule has 0 spiro atoms. The molecule has 188 valence electrons. The largest absolute Gasteiger partial charge is 0.484 e. The van der Waals surface area contributed by atoms with Crippen LogP contribution in [0.2, 0.25) is 0 Å². The van der Waals surface area contributed by atoms with E-state index in [1.807, 2.05) is 85.8 Å². The summed E-state index contributed by atoms with van der Waals surface area (Å²) in [5.74, 6) is 0.289. The van der Waals surface area contributed by atoms with E-state index in [9.17, 15) is 9.59 Å². The van der Waals surface area contributed by atoms with E-state index in [1.165, 1.54) is 0 Å². The second kappa shape index (κ2) is 12.7. The Labute approximate surface area is 222 Å². The lowest BCUT2D eigenvalue weighted by atomic mass is 10.0. The number of amides is 2. The van der Waals surface area contributed by atoms with Gasteiger partial charge in [-0.25, -0.2) is 0 Å². The number of carbonyl (C=O) groups excluding carboxylic acids is 2. The fourth-order valence-electron chi connectivity index (χ4n) is 4.65. The lowest BCUT2D eigenvalue weighted by molar-refractivity contribution is -0.143. The standard InChI is InChI=1S/C30H33BrN2O3/c1-22-9-5-6-12-24(22)20-33(29(34)21-36-27-17-15-25(31)16-18-27)28(19-23-10-3-2-4-11-23)30(35)32-26-13-7-8-14-26/h2-6,9-12,15-18,26,28H,7-8,13-14,19-21H2,1H3,(H,32,35)/t28-/m0/s1. The molecule has 1 atom stereocenters. The lowest BCUT2D eigenvalue weighted by Gasteiger charge is -2.32. The van der Waals surface area contributed by atoms with Gasteiger partial charge in [-0.3, -0.25) is 9.59 Å². The van der Waals surface area contributed by atoms with Gasteiger partial charge < -0.3 is 15.0 Å². The Bertz CT molecular complexity index is 1140. The highest BCUT2D eigenvalue weighted by Crippen LogP contribution is 2.21. The maximum atomic E-state index is 13.7. The summed E-state index contributed by atoms with van der Waals surface area (Å²) in [4.78, 5) is 29.1. The lowest BCUT2D eigenvalue weighted by Crippen LogP contribution is -2.53. The molecule has 4 rings (SSSR count). The van der Waals surface area contributed by atoms with Crippen molar-refractivity contribution < 1.29 is 14.3 Å². The minimum Gasteiger partial charge on any atom is -0.484 e. The van der Waals surface area contributed by atoms with Crippen LogP contribution < -0.4 is 10.1 Å². The van der Waals surface area contributed by atoms with Gasteiger partial charge in [0.25, 0.3) is 5.91 Å². The average molecular weight is 550 g/mol. The smallest absolute Gasteiger partial charge is 0.261 e. The molecule has 0 aliphatic heterocycles. The molecule has 0 saturated heterocycles. The monoisotopic (exact) mass is 548 g/mol. The van der Waals surface area contributed by atoms with Crippen LogP contribution in [0.3, 0.4) is 0 Å². The van der Waals surface area contributed by atoms with Crippen LogP contribution in [0.15, 0.2) is 83.3 Å². The number of carbonyl (C=O) groups is 2. The van der Waals surface area contributed by atoms with E-state index >= 15 is 0 Å². The fraction of sp³-hybridized carbons (Fsp3) is 0.333.